The molecule has 0 bridgehead atoms. The van der Waals surface area contributed by atoms with Crippen LogP contribution in [0, 0.1) is 11.3 Å². The molecule has 0 aliphatic rings. The third-order valence-electron chi connectivity index (χ3n) is 2.83. The fraction of sp³-hybridized carbons (Fsp3) is 0.429. The van der Waals surface area contributed by atoms with Crippen LogP contribution in [0.5, 0.6) is 0 Å². The van der Waals surface area contributed by atoms with Gasteiger partial charge < -0.3 is 5.32 Å². The van der Waals surface area contributed by atoms with Gasteiger partial charge in [0.2, 0.25) is 5.91 Å². The van der Waals surface area contributed by atoms with Crippen molar-refractivity contribution < 1.29 is 13.2 Å². The van der Waals surface area contributed by atoms with Crippen molar-refractivity contribution in [2.24, 2.45) is 0 Å². The van der Waals surface area contributed by atoms with Crippen molar-refractivity contribution in [3.05, 3.63) is 29.8 Å². The van der Waals surface area contributed by atoms with Crippen molar-refractivity contribution in [2.75, 3.05) is 11.1 Å². The van der Waals surface area contributed by atoms with Gasteiger partial charge in [0.15, 0.2) is 9.84 Å². The molecule has 108 valence electrons. The fourth-order valence-corrected chi connectivity index (χ4v) is 2.45. The maximum absolute atomic E-state index is 11.9. The molecule has 1 aromatic carbocycles. The van der Waals surface area contributed by atoms with Crippen molar-refractivity contribution in [1.29, 1.82) is 5.26 Å². The number of rotatable bonds is 4. The van der Waals surface area contributed by atoms with Gasteiger partial charge in [0.05, 0.1) is 22.1 Å². The van der Waals surface area contributed by atoms with E-state index in [1.165, 1.54) is 0 Å². The lowest BCUT2D eigenvalue weighted by atomic mass is 10.2. The topological polar surface area (TPSA) is 87.0 Å². The second kappa shape index (κ2) is 6.06. The zero-order chi connectivity index (χ0) is 15.4. The van der Waals surface area contributed by atoms with Crippen molar-refractivity contribution in [3.63, 3.8) is 0 Å². The average molecular weight is 294 g/mol. The number of hydrogen-bond donors (Lipinski definition) is 1. The molecule has 20 heavy (non-hydrogen) atoms. The summed E-state index contributed by atoms with van der Waals surface area (Å²) in [5, 5.41) is 11.3. The Hall–Kier alpha value is -1.87. The second-order valence-corrected chi connectivity index (χ2v) is 8.28. The summed E-state index contributed by atoms with van der Waals surface area (Å²) in [5.74, 6) is -0.541. The van der Waals surface area contributed by atoms with Crippen molar-refractivity contribution in [2.45, 2.75) is 31.9 Å². The standard InChI is InChI=1S/C14H18N2O3S/c1-14(2,3)20(18,19)9-8-13(17)16-12-6-4-11(10-15)5-7-12/h4-7H,8-9H2,1-3H3,(H,16,17). The Morgan fingerprint density at radius 2 is 1.80 bits per heavy atom. The van der Waals surface area contributed by atoms with Gasteiger partial charge in [-0.2, -0.15) is 5.26 Å². The molecule has 0 spiro atoms. The number of nitrogens with one attached hydrogen (secondary N) is 1. The maximum Gasteiger partial charge on any atom is 0.225 e. The Morgan fingerprint density at radius 3 is 2.25 bits per heavy atom. The Balaban J connectivity index is 2.59. The summed E-state index contributed by atoms with van der Waals surface area (Å²) < 4.78 is 22.9. The van der Waals surface area contributed by atoms with Gasteiger partial charge >= 0.3 is 0 Å². The normalized spacial score (nSPS) is 11.7. The van der Waals surface area contributed by atoms with Gasteiger partial charge in [-0.3, -0.25) is 4.79 Å². The Morgan fingerprint density at radius 1 is 1.25 bits per heavy atom. The van der Waals surface area contributed by atoms with Gasteiger partial charge in [0.1, 0.15) is 0 Å². The van der Waals surface area contributed by atoms with E-state index >= 15 is 0 Å². The van der Waals surface area contributed by atoms with E-state index in [-0.39, 0.29) is 18.1 Å². The third kappa shape index (κ3) is 4.35. The van der Waals surface area contributed by atoms with Gasteiger partial charge in [-0.1, -0.05) is 0 Å². The summed E-state index contributed by atoms with van der Waals surface area (Å²) >= 11 is 0. The summed E-state index contributed by atoms with van der Waals surface area (Å²) in [4.78, 5) is 11.7. The first-order chi connectivity index (χ1) is 9.15. The van der Waals surface area contributed by atoms with Gasteiger partial charge in [0, 0.05) is 12.1 Å². The van der Waals surface area contributed by atoms with Crippen LogP contribution in [0.4, 0.5) is 5.69 Å². The van der Waals surface area contributed by atoms with Crippen LogP contribution >= 0.6 is 0 Å². The fourth-order valence-electron chi connectivity index (χ4n) is 1.38. The largest absolute Gasteiger partial charge is 0.326 e. The Kier molecular flexibility index (Phi) is 4.90. The van der Waals surface area contributed by atoms with Crippen molar-refractivity contribution in [1.82, 2.24) is 0 Å². The SMILES string of the molecule is CC(C)(C)S(=O)(=O)CCC(=O)Nc1ccc(C#N)cc1. The molecule has 0 fully saturated rings. The third-order valence-corrected chi connectivity index (χ3v) is 5.44. The monoisotopic (exact) mass is 294 g/mol. The zero-order valence-corrected chi connectivity index (χ0v) is 12.6. The molecule has 0 aliphatic carbocycles. The lowest BCUT2D eigenvalue weighted by Crippen LogP contribution is -2.32. The lowest BCUT2D eigenvalue weighted by molar-refractivity contribution is -0.115. The first kappa shape index (κ1) is 16.2. The molecule has 5 nitrogen and oxygen atoms in total. The van der Waals surface area contributed by atoms with E-state index in [1.54, 1.807) is 45.0 Å². The molecule has 1 amide bonds. The van der Waals surface area contributed by atoms with E-state index in [0.29, 0.717) is 11.3 Å². The number of carbonyl (C=O) groups excluding carboxylic acids is 1. The molecule has 0 atom stereocenters. The molecule has 6 heteroatoms. The van der Waals surface area contributed by atoms with Crippen LogP contribution in [-0.4, -0.2) is 24.8 Å². The molecule has 0 unspecified atom stereocenters. The summed E-state index contributed by atoms with van der Waals surface area (Å²) in [6.45, 7) is 4.84. The zero-order valence-electron chi connectivity index (χ0n) is 11.8. The molecule has 0 heterocycles. The minimum atomic E-state index is -3.30. The van der Waals surface area contributed by atoms with Crippen LogP contribution in [0.3, 0.4) is 0 Å². The van der Waals surface area contributed by atoms with Crippen LogP contribution < -0.4 is 5.32 Å². The number of sulfone groups is 1. The van der Waals surface area contributed by atoms with E-state index in [1.807, 2.05) is 6.07 Å². The second-order valence-electron chi connectivity index (χ2n) is 5.42. The molecule has 0 saturated heterocycles. The Labute approximate surface area is 119 Å². The Bertz CT molecular complexity index is 620. The minimum absolute atomic E-state index is 0.0837. The highest BCUT2D eigenvalue weighted by Crippen LogP contribution is 2.17. The van der Waals surface area contributed by atoms with Crippen LogP contribution in [0.15, 0.2) is 24.3 Å². The van der Waals surface area contributed by atoms with E-state index in [2.05, 4.69) is 5.32 Å². The highest BCUT2D eigenvalue weighted by atomic mass is 32.2. The van der Waals surface area contributed by atoms with Gasteiger partial charge in [-0.25, -0.2) is 8.42 Å². The number of carbonyl (C=O) groups is 1. The van der Waals surface area contributed by atoms with Gasteiger partial charge in [-0.05, 0) is 45.0 Å². The molecule has 0 saturated carbocycles. The van der Waals surface area contributed by atoms with Crippen LogP contribution in [0.2, 0.25) is 0 Å². The number of nitriles is 1. The quantitative estimate of drug-likeness (QED) is 0.921. The summed E-state index contributed by atoms with van der Waals surface area (Å²) in [6.07, 6.45) is -0.0837. The van der Waals surface area contributed by atoms with Crippen molar-refractivity contribution in [3.8, 4) is 6.07 Å². The number of benzene rings is 1. The molecule has 0 aromatic heterocycles. The molecule has 1 aromatic rings. The number of anilines is 1. The first-order valence-corrected chi connectivity index (χ1v) is 7.83. The van der Waals surface area contributed by atoms with Crippen LogP contribution in [0.1, 0.15) is 32.8 Å². The minimum Gasteiger partial charge on any atom is -0.326 e. The van der Waals surface area contributed by atoms with Gasteiger partial charge in [-0.15, -0.1) is 0 Å². The first-order valence-electron chi connectivity index (χ1n) is 6.18. The molecule has 1 N–H and O–H groups in total. The predicted molar refractivity (Wildman–Crippen MR) is 77.9 cm³/mol. The molecule has 0 aliphatic heterocycles. The number of nitrogens with zero attached hydrogens (tertiary/aromatic N) is 1. The van der Waals surface area contributed by atoms with E-state index in [4.69, 9.17) is 5.26 Å². The summed E-state index contributed by atoms with van der Waals surface area (Å²) in [7, 11) is -3.30. The number of amides is 1. The highest BCUT2D eigenvalue weighted by molar-refractivity contribution is 7.92. The molecular formula is C14H18N2O3S. The lowest BCUT2D eigenvalue weighted by Gasteiger charge is -2.18. The highest BCUT2D eigenvalue weighted by Gasteiger charge is 2.29. The molecule has 1 rings (SSSR count). The number of hydrogen-bond acceptors (Lipinski definition) is 4. The van der Waals surface area contributed by atoms with E-state index < -0.39 is 14.6 Å². The van der Waals surface area contributed by atoms with Crippen LogP contribution in [-0.2, 0) is 14.6 Å². The molecular weight excluding hydrogens is 276 g/mol. The van der Waals surface area contributed by atoms with E-state index in [9.17, 15) is 13.2 Å². The van der Waals surface area contributed by atoms with E-state index in [0.717, 1.165) is 0 Å². The predicted octanol–water partition coefficient (Wildman–Crippen LogP) is 2.10. The van der Waals surface area contributed by atoms with Crippen molar-refractivity contribution >= 4 is 21.4 Å². The summed E-state index contributed by atoms with van der Waals surface area (Å²) in [5.41, 5.74) is 1.04. The van der Waals surface area contributed by atoms with Crippen LogP contribution in [0.25, 0.3) is 0 Å². The summed E-state index contributed by atoms with van der Waals surface area (Å²) in [6, 6.07) is 8.36. The maximum atomic E-state index is 11.9. The smallest absolute Gasteiger partial charge is 0.225 e. The van der Waals surface area contributed by atoms with Gasteiger partial charge in [0.25, 0.3) is 0 Å². The average Bonchev–Trinajstić information content (AvgIpc) is 2.36. The molecule has 0 radical (unpaired) electrons.